The lowest BCUT2D eigenvalue weighted by Crippen LogP contribution is -2.40. The molecule has 0 aliphatic heterocycles. The van der Waals surface area contributed by atoms with E-state index in [0.717, 1.165) is 25.0 Å². The molecule has 3 unspecified atom stereocenters. The molecule has 0 aromatic heterocycles. The summed E-state index contributed by atoms with van der Waals surface area (Å²) in [6.45, 7) is 6.87. The SMILES string of the molecule is CC1(C)C2CCC1(C)C(Nc1c(F)cc(F)cc1Cl)C2. The third-order valence-corrected chi connectivity index (χ3v) is 6.42. The standard InChI is InChI=1S/C16H20ClF2N/c1-15(2)9-4-5-16(15,3)13(6-9)20-14-11(17)7-10(18)8-12(14)19/h7-9,13,20H,4-6H2,1-3H3. The summed E-state index contributed by atoms with van der Waals surface area (Å²) in [7, 11) is 0. The first-order valence-corrected chi connectivity index (χ1v) is 7.54. The smallest absolute Gasteiger partial charge is 0.150 e. The molecule has 3 rings (SSSR count). The van der Waals surface area contributed by atoms with E-state index in [2.05, 4.69) is 26.1 Å². The Kier molecular flexibility index (Phi) is 3.06. The molecule has 0 saturated heterocycles. The van der Waals surface area contributed by atoms with Gasteiger partial charge in [0.05, 0.1) is 10.7 Å². The molecule has 2 bridgehead atoms. The Labute approximate surface area is 123 Å². The fraction of sp³-hybridized carbons (Fsp3) is 0.625. The van der Waals surface area contributed by atoms with Crippen LogP contribution in [-0.4, -0.2) is 6.04 Å². The molecule has 1 aromatic rings. The zero-order valence-corrected chi connectivity index (χ0v) is 12.8. The van der Waals surface area contributed by atoms with Crippen LogP contribution in [0.2, 0.25) is 5.02 Å². The number of anilines is 1. The molecule has 2 saturated carbocycles. The molecule has 4 heteroatoms. The van der Waals surface area contributed by atoms with Crippen molar-refractivity contribution in [2.75, 3.05) is 5.32 Å². The van der Waals surface area contributed by atoms with Crippen molar-refractivity contribution in [3.05, 3.63) is 28.8 Å². The summed E-state index contributed by atoms with van der Waals surface area (Å²) in [6.07, 6.45) is 3.40. The van der Waals surface area contributed by atoms with Crippen molar-refractivity contribution < 1.29 is 8.78 Å². The molecule has 110 valence electrons. The summed E-state index contributed by atoms with van der Waals surface area (Å²) in [5.74, 6) is -0.594. The number of hydrogen-bond donors (Lipinski definition) is 1. The second-order valence-electron chi connectivity index (χ2n) is 7.05. The summed E-state index contributed by atoms with van der Waals surface area (Å²) >= 11 is 5.99. The first-order valence-electron chi connectivity index (χ1n) is 7.17. The van der Waals surface area contributed by atoms with Gasteiger partial charge in [0, 0.05) is 12.1 Å². The zero-order valence-electron chi connectivity index (χ0n) is 12.1. The highest BCUT2D eigenvalue weighted by atomic mass is 35.5. The third kappa shape index (κ3) is 1.78. The Morgan fingerprint density at radius 1 is 1.25 bits per heavy atom. The van der Waals surface area contributed by atoms with Gasteiger partial charge in [-0.3, -0.25) is 0 Å². The average molecular weight is 300 g/mol. The highest BCUT2D eigenvalue weighted by Gasteiger charge is 2.61. The van der Waals surface area contributed by atoms with Crippen LogP contribution < -0.4 is 5.32 Å². The van der Waals surface area contributed by atoms with Crippen LogP contribution in [0.25, 0.3) is 0 Å². The highest BCUT2D eigenvalue weighted by Crippen LogP contribution is 2.66. The Morgan fingerprint density at radius 3 is 2.45 bits per heavy atom. The quantitative estimate of drug-likeness (QED) is 0.787. The Hall–Kier alpha value is -0.830. The van der Waals surface area contributed by atoms with Crippen molar-refractivity contribution in [2.24, 2.45) is 16.7 Å². The van der Waals surface area contributed by atoms with E-state index in [1.165, 1.54) is 6.42 Å². The number of nitrogens with one attached hydrogen (secondary N) is 1. The van der Waals surface area contributed by atoms with Gasteiger partial charge in [-0.05, 0) is 42.1 Å². The molecule has 1 N–H and O–H groups in total. The molecule has 0 spiro atoms. The second-order valence-corrected chi connectivity index (χ2v) is 7.46. The molecular formula is C16H20ClF2N. The molecular weight excluding hydrogens is 280 g/mol. The van der Waals surface area contributed by atoms with Crippen LogP contribution in [0.4, 0.5) is 14.5 Å². The van der Waals surface area contributed by atoms with Gasteiger partial charge in [-0.15, -0.1) is 0 Å². The molecule has 2 fully saturated rings. The van der Waals surface area contributed by atoms with Crippen molar-refractivity contribution in [3.8, 4) is 0 Å². The van der Waals surface area contributed by atoms with Gasteiger partial charge in [0.15, 0.2) is 5.82 Å². The minimum Gasteiger partial charge on any atom is -0.378 e. The van der Waals surface area contributed by atoms with Crippen molar-refractivity contribution in [1.29, 1.82) is 0 Å². The maximum absolute atomic E-state index is 13.9. The highest BCUT2D eigenvalue weighted by molar-refractivity contribution is 6.33. The lowest BCUT2D eigenvalue weighted by Gasteiger charge is -2.40. The molecule has 2 aliphatic carbocycles. The van der Waals surface area contributed by atoms with Crippen LogP contribution in [0.1, 0.15) is 40.0 Å². The Balaban J connectivity index is 1.91. The predicted molar refractivity (Wildman–Crippen MR) is 78.0 cm³/mol. The second kappa shape index (κ2) is 4.33. The van der Waals surface area contributed by atoms with Gasteiger partial charge in [0.2, 0.25) is 0 Å². The van der Waals surface area contributed by atoms with E-state index in [1.54, 1.807) is 0 Å². The van der Waals surface area contributed by atoms with Gasteiger partial charge < -0.3 is 5.32 Å². The first-order chi connectivity index (χ1) is 9.25. The van der Waals surface area contributed by atoms with Crippen LogP contribution in [-0.2, 0) is 0 Å². The first kappa shape index (κ1) is 14.1. The van der Waals surface area contributed by atoms with E-state index in [9.17, 15) is 8.78 Å². The lowest BCUT2D eigenvalue weighted by molar-refractivity contribution is 0.142. The Morgan fingerprint density at radius 2 is 1.95 bits per heavy atom. The number of benzene rings is 1. The molecule has 3 atom stereocenters. The number of rotatable bonds is 2. The third-order valence-electron chi connectivity index (χ3n) is 6.12. The van der Waals surface area contributed by atoms with E-state index in [-0.39, 0.29) is 27.6 Å². The number of fused-ring (bicyclic) bond motifs is 2. The summed E-state index contributed by atoms with van der Waals surface area (Å²) in [4.78, 5) is 0. The molecule has 20 heavy (non-hydrogen) atoms. The molecule has 2 aliphatic rings. The van der Waals surface area contributed by atoms with E-state index in [0.29, 0.717) is 5.92 Å². The van der Waals surface area contributed by atoms with Crippen LogP contribution in [0.15, 0.2) is 12.1 Å². The van der Waals surface area contributed by atoms with Gasteiger partial charge in [0.1, 0.15) is 5.82 Å². The monoisotopic (exact) mass is 299 g/mol. The minimum absolute atomic E-state index is 0.117. The summed E-state index contributed by atoms with van der Waals surface area (Å²) in [6, 6.07) is 2.23. The molecule has 1 aromatic carbocycles. The minimum atomic E-state index is -0.641. The fourth-order valence-electron chi connectivity index (χ4n) is 4.28. The molecule has 0 amide bonds. The van der Waals surface area contributed by atoms with Gasteiger partial charge in [-0.2, -0.15) is 0 Å². The number of hydrogen-bond acceptors (Lipinski definition) is 1. The van der Waals surface area contributed by atoms with Crippen LogP contribution in [0.3, 0.4) is 0 Å². The number of halogens is 3. The van der Waals surface area contributed by atoms with Crippen molar-refractivity contribution in [2.45, 2.75) is 46.1 Å². The van der Waals surface area contributed by atoms with E-state index >= 15 is 0 Å². The van der Waals surface area contributed by atoms with E-state index in [4.69, 9.17) is 11.6 Å². The van der Waals surface area contributed by atoms with Crippen LogP contribution in [0, 0.1) is 28.4 Å². The normalized spacial score (nSPS) is 34.5. The predicted octanol–water partition coefficient (Wildman–Crippen LogP) is 5.24. The topological polar surface area (TPSA) is 12.0 Å². The molecule has 1 nitrogen and oxygen atoms in total. The molecule has 0 radical (unpaired) electrons. The van der Waals surface area contributed by atoms with Crippen molar-refractivity contribution in [3.63, 3.8) is 0 Å². The maximum atomic E-state index is 13.9. The maximum Gasteiger partial charge on any atom is 0.150 e. The zero-order chi connectivity index (χ0) is 14.7. The summed E-state index contributed by atoms with van der Waals surface area (Å²) in [5.41, 5.74) is 0.609. The summed E-state index contributed by atoms with van der Waals surface area (Å²) in [5, 5.41) is 3.38. The summed E-state index contributed by atoms with van der Waals surface area (Å²) < 4.78 is 27.1. The van der Waals surface area contributed by atoms with E-state index < -0.39 is 11.6 Å². The van der Waals surface area contributed by atoms with Crippen molar-refractivity contribution >= 4 is 17.3 Å². The van der Waals surface area contributed by atoms with Gasteiger partial charge in [0.25, 0.3) is 0 Å². The van der Waals surface area contributed by atoms with E-state index in [1.807, 2.05) is 0 Å². The van der Waals surface area contributed by atoms with Crippen LogP contribution >= 0.6 is 11.6 Å². The average Bonchev–Trinajstić information content (AvgIpc) is 2.66. The van der Waals surface area contributed by atoms with Gasteiger partial charge in [-0.1, -0.05) is 32.4 Å². The largest absolute Gasteiger partial charge is 0.378 e. The fourth-order valence-corrected chi connectivity index (χ4v) is 4.53. The van der Waals surface area contributed by atoms with Gasteiger partial charge in [-0.25, -0.2) is 8.78 Å². The van der Waals surface area contributed by atoms with Gasteiger partial charge >= 0.3 is 0 Å². The van der Waals surface area contributed by atoms with Crippen LogP contribution in [0.5, 0.6) is 0 Å². The van der Waals surface area contributed by atoms with Crippen molar-refractivity contribution in [1.82, 2.24) is 0 Å². The molecule has 0 heterocycles. The Bertz CT molecular complexity index is 534. The lowest BCUT2D eigenvalue weighted by atomic mass is 9.69.